The van der Waals surface area contributed by atoms with Crippen molar-refractivity contribution in [2.45, 2.75) is 46.1 Å². The molecule has 1 fully saturated rings. The van der Waals surface area contributed by atoms with E-state index in [1.165, 1.54) is 0 Å². The highest BCUT2D eigenvalue weighted by molar-refractivity contribution is 5.84. The zero-order valence-electron chi connectivity index (χ0n) is 11.6. The summed E-state index contributed by atoms with van der Waals surface area (Å²) in [6, 6.07) is 0. The standard InChI is InChI=1S/C14H21NO3/c1-5-6-7-12(16)11-8-9-15(10-11)13(17)18-14(2,3)4/h11H,7-10H2,1-4H3/t11-/m1/s1. The number of likely N-dealkylation sites (tertiary alicyclic amines) is 1. The van der Waals surface area contributed by atoms with Crippen LogP contribution in [0, 0.1) is 17.8 Å². The smallest absolute Gasteiger partial charge is 0.410 e. The van der Waals surface area contributed by atoms with Crippen molar-refractivity contribution in [3.8, 4) is 11.8 Å². The molecule has 1 aliphatic rings. The first-order chi connectivity index (χ1) is 8.33. The van der Waals surface area contributed by atoms with Crippen molar-refractivity contribution in [1.29, 1.82) is 0 Å². The Labute approximate surface area is 109 Å². The number of hydrogen-bond acceptors (Lipinski definition) is 3. The number of ketones is 1. The molecule has 1 heterocycles. The second kappa shape index (κ2) is 5.90. The molecule has 1 atom stereocenters. The Morgan fingerprint density at radius 3 is 2.61 bits per heavy atom. The summed E-state index contributed by atoms with van der Waals surface area (Å²) in [5, 5.41) is 0. The van der Waals surface area contributed by atoms with E-state index in [1.54, 1.807) is 11.8 Å². The maximum Gasteiger partial charge on any atom is 0.410 e. The van der Waals surface area contributed by atoms with Gasteiger partial charge in [-0.2, -0.15) is 0 Å². The second-order valence-corrected chi connectivity index (χ2v) is 5.48. The number of nitrogens with zero attached hydrogens (tertiary/aromatic N) is 1. The topological polar surface area (TPSA) is 46.6 Å². The van der Waals surface area contributed by atoms with Crippen molar-refractivity contribution in [2.75, 3.05) is 13.1 Å². The van der Waals surface area contributed by atoms with Crippen LogP contribution < -0.4 is 0 Å². The Kier molecular flexibility index (Phi) is 4.77. The van der Waals surface area contributed by atoms with Crippen LogP contribution >= 0.6 is 0 Å². The summed E-state index contributed by atoms with van der Waals surface area (Å²) in [4.78, 5) is 25.2. The maximum atomic E-state index is 11.8. The minimum absolute atomic E-state index is 0.0848. The van der Waals surface area contributed by atoms with E-state index in [0.717, 1.165) is 0 Å². The third-order valence-electron chi connectivity index (χ3n) is 2.73. The molecule has 0 aromatic carbocycles. The molecule has 1 rings (SSSR count). The molecular weight excluding hydrogens is 230 g/mol. The molecule has 100 valence electrons. The first-order valence-electron chi connectivity index (χ1n) is 6.23. The van der Waals surface area contributed by atoms with E-state index < -0.39 is 5.60 Å². The number of Topliss-reactive ketones (excluding diaryl/α,β-unsaturated/α-hetero) is 1. The second-order valence-electron chi connectivity index (χ2n) is 5.48. The number of rotatable bonds is 2. The summed E-state index contributed by atoms with van der Waals surface area (Å²) in [7, 11) is 0. The van der Waals surface area contributed by atoms with Crippen LogP contribution in [0.25, 0.3) is 0 Å². The summed E-state index contributed by atoms with van der Waals surface area (Å²) in [6.07, 6.45) is 0.659. The van der Waals surface area contributed by atoms with Crippen LogP contribution in [0.15, 0.2) is 0 Å². The Bertz CT molecular complexity index is 384. The highest BCUT2D eigenvalue weighted by Crippen LogP contribution is 2.20. The summed E-state index contributed by atoms with van der Waals surface area (Å²) < 4.78 is 5.28. The van der Waals surface area contributed by atoms with Gasteiger partial charge in [0.2, 0.25) is 0 Å². The quantitative estimate of drug-likeness (QED) is 0.707. The van der Waals surface area contributed by atoms with Gasteiger partial charge >= 0.3 is 6.09 Å². The van der Waals surface area contributed by atoms with E-state index in [2.05, 4.69) is 11.8 Å². The molecule has 0 spiro atoms. The summed E-state index contributed by atoms with van der Waals surface area (Å²) in [5.41, 5.74) is -0.493. The maximum absolute atomic E-state index is 11.8. The fourth-order valence-electron chi connectivity index (χ4n) is 1.84. The van der Waals surface area contributed by atoms with E-state index in [-0.39, 0.29) is 24.2 Å². The van der Waals surface area contributed by atoms with Crippen LogP contribution in [0.1, 0.15) is 40.5 Å². The van der Waals surface area contributed by atoms with E-state index in [0.29, 0.717) is 19.5 Å². The van der Waals surface area contributed by atoms with Gasteiger partial charge in [-0.25, -0.2) is 4.79 Å². The van der Waals surface area contributed by atoms with Crippen LogP contribution in [0.5, 0.6) is 0 Å². The lowest BCUT2D eigenvalue weighted by molar-refractivity contribution is -0.121. The molecule has 4 nitrogen and oxygen atoms in total. The Balaban J connectivity index is 2.47. The van der Waals surface area contributed by atoms with Crippen molar-refractivity contribution in [3.05, 3.63) is 0 Å². The van der Waals surface area contributed by atoms with Crippen LogP contribution in [-0.2, 0) is 9.53 Å². The Morgan fingerprint density at radius 2 is 2.06 bits per heavy atom. The predicted octanol–water partition coefficient (Wildman–Crippen LogP) is 2.23. The monoisotopic (exact) mass is 251 g/mol. The van der Waals surface area contributed by atoms with Crippen LogP contribution in [-0.4, -0.2) is 35.5 Å². The lowest BCUT2D eigenvalue weighted by atomic mass is 10.0. The van der Waals surface area contributed by atoms with E-state index >= 15 is 0 Å². The lowest BCUT2D eigenvalue weighted by Crippen LogP contribution is -2.35. The first-order valence-corrected chi connectivity index (χ1v) is 6.23. The molecule has 4 heteroatoms. The Hall–Kier alpha value is -1.50. The number of amides is 1. The minimum atomic E-state index is -0.493. The molecule has 0 aromatic heterocycles. The first kappa shape index (κ1) is 14.6. The summed E-state index contributed by atoms with van der Waals surface area (Å²) in [6.45, 7) is 8.26. The predicted molar refractivity (Wildman–Crippen MR) is 69.0 cm³/mol. The number of hydrogen-bond donors (Lipinski definition) is 0. The highest BCUT2D eigenvalue weighted by atomic mass is 16.6. The number of carbonyl (C=O) groups is 2. The highest BCUT2D eigenvalue weighted by Gasteiger charge is 2.32. The molecule has 0 aliphatic carbocycles. The third-order valence-corrected chi connectivity index (χ3v) is 2.73. The van der Waals surface area contributed by atoms with Crippen LogP contribution in [0.4, 0.5) is 4.79 Å². The molecule has 0 radical (unpaired) electrons. The Morgan fingerprint density at radius 1 is 1.39 bits per heavy atom. The van der Waals surface area contributed by atoms with Gasteiger partial charge in [0.05, 0.1) is 6.42 Å². The largest absolute Gasteiger partial charge is 0.444 e. The van der Waals surface area contributed by atoms with Gasteiger partial charge in [-0.05, 0) is 34.1 Å². The minimum Gasteiger partial charge on any atom is -0.444 e. The van der Waals surface area contributed by atoms with Gasteiger partial charge in [0.15, 0.2) is 0 Å². The van der Waals surface area contributed by atoms with Crippen molar-refractivity contribution in [1.82, 2.24) is 4.90 Å². The number of carbonyl (C=O) groups excluding carboxylic acids is 2. The molecule has 0 unspecified atom stereocenters. The van der Waals surface area contributed by atoms with Crippen LogP contribution in [0.3, 0.4) is 0 Å². The molecule has 1 amide bonds. The van der Waals surface area contributed by atoms with Gasteiger partial charge in [-0.1, -0.05) is 5.92 Å². The van der Waals surface area contributed by atoms with E-state index in [9.17, 15) is 9.59 Å². The van der Waals surface area contributed by atoms with Crippen molar-refractivity contribution >= 4 is 11.9 Å². The zero-order valence-corrected chi connectivity index (χ0v) is 11.6. The number of ether oxygens (including phenoxy) is 1. The van der Waals surface area contributed by atoms with Gasteiger partial charge in [0.25, 0.3) is 0 Å². The lowest BCUT2D eigenvalue weighted by Gasteiger charge is -2.24. The zero-order chi connectivity index (χ0) is 13.8. The molecule has 18 heavy (non-hydrogen) atoms. The van der Waals surface area contributed by atoms with Crippen LogP contribution in [0.2, 0.25) is 0 Å². The van der Waals surface area contributed by atoms with E-state index in [4.69, 9.17) is 4.74 Å². The molecule has 0 saturated carbocycles. The fraction of sp³-hybridized carbons (Fsp3) is 0.714. The molecule has 0 bridgehead atoms. The average molecular weight is 251 g/mol. The average Bonchev–Trinajstić information content (AvgIpc) is 2.72. The van der Waals surface area contributed by atoms with Crippen molar-refractivity contribution in [3.63, 3.8) is 0 Å². The summed E-state index contributed by atoms with van der Waals surface area (Å²) in [5.74, 6) is 5.52. The molecule has 1 saturated heterocycles. The summed E-state index contributed by atoms with van der Waals surface area (Å²) >= 11 is 0. The van der Waals surface area contributed by atoms with Gasteiger partial charge in [0.1, 0.15) is 11.4 Å². The normalized spacial score (nSPS) is 19.1. The van der Waals surface area contributed by atoms with Crippen molar-refractivity contribution < 1.29 is 14.3 Å². The van der Waals surface area contributed by atoms with Gasteiger partial charge < -0.3 is 9.64 Å². The molecular formula is C14H21NO3. The van der Waals surface area contributed by atoms with Gasteiger partial charge in [-0.15, -0.1) is 5.92 Å². The molecule has 1 aliphatic heterocycles. The molecule has 0 N–H and O–H groups in total. The van der Waals surface area contributed by atoms with Gasteiger partial charge in [0, 0.05) is 19.0 Å². The fourth-order valence-corrected chi connectivity index (χ4v) is 1.84. The third kappa shape index (κ3) is 4.40. The SMILES string of the molecule is CC#CCC(=O)[C@@H]1CCN(C(=O)OC(C)(C)C)C1. The molecule has 0 aromatic rings. The van der Waals surface area contributed by atoms with E-state index in [1.807, 2.05) is 20.8 Å². The van der Waals surface area contributed by atoms with Crippen molar-refractivity contribution in [2.24, 2.45) is 5.92 Å². The van der Waals surface area contributed by atoms with Gasteiger partial charge in [-0.3, -0.25) is 4.79 Å².